The van der Waals surface area contributed by atoms with Crippen molar-refractivity contribution in [3.8, 4) is 11.3 Å². The minimum atomic E-state index is 0.373. The van der Waals surface area contributed by atoms with Gasteiger partial charge in [-0.25, -0.2) is 9.97 Å². The Balaban J connectivity index is 1.20. The molecule has 0 aromatic carbocycles. The van der Waals surface area contributed by atoms with Crippen molar-refractivity contribution < 1.29 is 0 Å². The highest BCUT2D eigenvalue weighted by Crippen LogP contribution is 2.37. The number of rotatable bonds is 8. The number of anilines is 1. The molecule has 2 fully saturated rings. The molecule has 0 atom stereocenters. The van der Waals surface area contributed by atoms with E-state index in [1.165, 1.54) is 24.1 Å². The average molecular weight is 455 g/mol. The van der Waals surface area contributed by atoms with Crippen molar-refractivity contribution in [2.24, 2.45) is 13.0 Å². The molecule has 0 spiro atoms. The second-order valence-electron chi connectivity index (χ2n) is 9.24. The summed E-state index contributed by atoms with van der Waals surface area (Å²) in [6.07, 6.45) is 13.6. The molecule has 0 bridgehead atoms. The van der Waals surface area contributed by atoms with Crippen LogP contribution in [0.25, 0.3) is 11.3 Å². The third kappa shape index (κ3) is 4.81. The summed E-state index contributed by atoms with van der Waals surface area (Å²) in [4.78, 5) is 9.26. The second-order valence-corrected chi connectivity index (χ2v) is 9.64. The zero-order valence-electron chi connectivity index (χ0n) is 18.7. The van der Waals surface area contributed by atoms with E-state index in [-0.39, 0.29) is 0 Å². The summed E-state index contributed by atoms with van der Waals surface area (Å²) in [6, 6.07) is 0.905. The van der Waals surface area contributed by atoms with Crippen LogP contribution in [-0.2, 0) is 20.0 Å². The maximum atomic E-state index is 6.51. The SMILES string of the molecule is Cc1n[nH]cc1CN[C@H]1CC[C@H](Nc2ncc(Cl)c(-c3cnn(C)c3CC3CC3)n2)CC1. The van der Waals surface area contributed by atoms with Crippen LogP contribution in [0.4, 0.5) is 5.95 Å². The lowest BCUT2D eigenvalue weighted by molar-refractivity contribution is 0.352. The fourth-order valence-electron chi connectivity index (χ4n) is 4.56. The summed E-state index contributed by atoms with van der Waals surface area (Å²) < 4.78 is 1.96. The Bertz CT molecular complexity index is 1060. The first-order valence-corrected chi connectivity index (χ1v) is 12.0. The molecule has 0 radical (unpaired) electrons. The van der Waals surface area contributed by atoms with Gasteiger partial charge in [-0.2, -0.15) is 10.2 Å². The van der Waals surface area contributed by atoms with Crippen LogP contribution in [0.2, 0.25) is 5.02 Å². The molecule has 2 saturated carbocycles. The van der Waals surface area contributed by atoms with Crippen LogP contribution >= 0.6 is 11.6 Å². The van der Waals surface area contributed by atoms with Crippen molar-refractivity contribution in [3.63, 3.8) is 0 Å². The van der Waals surface area contributed by atoms with Gasteiger partial charge >= 0.3 is 0 Å². The molecule has 170 valence electrons. The number of hydrogen-bond donors (Lipinski definition) is 3. The van der Waals surface area contributed by atoms with Crippen molar-refractivity contribution in [1.82, 2.24) is 35.3 Å². The van der Waals surface area contributed by atoms with Crippen LogP contribution in [0.3, 0.4) is 0 Å². The highest BCUT2D eigenvalue weighted by molar-refractivity contribution is 6.32. The number of H-pyrrole nitrogens is 1. The summed E-state index contributed by atoms with van der Waals surface area (Å²) in [5, 5.41) is 19.4. The number of aromatic amines is 1. The molecule has 2 aliphatic carbocycles. The molecule has 3 heterocycles. The van der Waals surface area contributed by atoms with Gasteiger partial charge in [0.25, 0.3) is 0 Å². The first kappa shape index (κ1) is 21.4. The van der Waals surface area contributed by atoms with Crippen LogP contribution in [0.5, 0.6) is 0 Å². The van der Waals surface area contributed by atoms with Gasteiger partial charge < -0.3 is 10.6 Å². The van der Waals surface area contributed by atoms with Gasteiger partial charge in [0.15, 0.2) is 0 Å². The number of hydrogen-bond acceptors (Lipinski definition) is 6. The molecule has 0 aliphatic heterocycles. The predicted molar refractivity (Wildman–Crippen MR) is 126 cm³/mol. The zero-order chi connectivity index (χ0) is 22.1. The molecule has 2 aliphatic rings. The monoisotopic (exact) mass is 454 g/mol. The van der Waals surface area contributed by atoms with E-state index in [4.69, 9.17) is 16.6 Å². The van der Waals surface area contributed by atoms with E-state index < -0.39 is 0 Å². The van der Waals surface area contributed by atoms with E-state index in [1.54, 1.807) is 6.20 Å². The Morgan fingerprint density at radius 1 is 1.12 bits per heavy atom. The van der Waals surface area contributed by atoms with Crippen molar-refractivity contribution in [3.05, 3.63) is 40.6 Å². The number of halogens is 1. The van der Waals surface area contributed by atoms with Gasteiger partial charge in [-0.05, 0) is 57.8 Å². The molecule has 9 heteroatoms. The standard InChI is InChI=1S/C23H31ClN8/c1-14-16(11-27-31-14)10-25-17-5-7-18(8-6-17)29-23-26-13-20(24)22(30-23)19-12-28-32(2)21(19)9-15-3-4-15/h11-13,15,17-18,25H,3-10H2,1-2H3,(H,27,31)(H,26,29,30)/t17-,18-. The molecule has 32 heavy (non-hydrogen) atoms. The smallest absolute Gasteiger partial charge is 0.223 e. The number of nitrogens with one attached hydrogen (secondary N) is 3. The minimum Gasteiger partial charge on any atom is -0.351 e. The predicted octanol–water partition coefficient (Wildman–Crippen LogP) is 4.03. The van der Waals surface area contributed by atoms with E-state index in [1.807, 2.05) is 31.0 Å². The van der Waals surface area contributed by atoms with Gasteiger partial charge in [-0.15, -0.1) is 0 Å². The van der Waals surface area contributed by atoms with E-state index >= 15 is 0 Å². The van der Waals surface area contributed by atoms with Crippen molar-refractivity contribution in [1.29, 1.82) is 0 Å². The molecule has 3 aromatic heterocycles. The van der Waals surface area contributed by atoms with Crippen molar-refractivity contribution in [2.45, 2.75) is 70.5 Å². The van der Waals surface area contributed by atoms with Crippen LogP contribution in [-0.4, -0.2) is 42.0 Å². The van der Waals surface area contributed by atoms with Gasteiger partial charge in [0.1, 0.15) is 0 Å². The zero-order valence-corrected chi connectivity index (χ0v) is 19.5. The van der Waals surface area contributed by atoms with Crippen LogP contribution in [0, 0.1) is 12.8 Å². The Labute approximate surface area is 193 Å². The van der Waals surface area contributed by atoms with Crippen LogP contribution in [0.15, 0.2) is 18.6 Å². The number of aryl methyl sites for hydroxylation is 2. The Hall–Kier alpha value is -2.45. The fraction of sp³-hybridized carbons (Fsp3) is 0.565. The summed E-state index contributed by atoms with van der Waals surface area (Å²) in [7, 11) is 2.00. The Morgan fingerprint density at radius 3 is 2.62 bits per heavy atom. The Kier molecular flexibility index (Phi) is 6.15. The van der Waals surface area contributed by atoms with E-state index in [9.17, 15) is 0 Å². The van der Waals surface area contributed by atoms with Crippen LogP contribution < -0.4 is 10.6 Å². The third-order valence-corrected chi connectivity index (χ3v) is 7.09. The molecule has 5 rings (SSSR count). The third-order valence-electron chi connectivity index (χ3n) is 6.82. The van der Waals surface area contributed by atoms with Gasteiger partial charge in [0.2, 0.25) is 5.95 Å². The molecule has 8 nitrogen and oxygen atoms in total. The fourth-order valence-corrected chi connectivity index (χ4v) is 4.76. The van der Waals surface area contributed by atoms with Gasteiger partial charge in [-0.1, -0.05) is 11.6 Å². The maximum absolute atomic E-state index is 6.51. The second kappa shape index (κ2) is 9.19. The molecule has 3 aromatic rings. The number of nitrogens with zero attached hydrogens (tertiary/aromatic N) is 5. The topological polar surface area (TPSA) is 96.3 Å². The summed E-state index contributed by atoms with van der Waals surface area (Å²) in [5.74, 6) is 1.42. The number of aromatic nitrogens is 6. The van der Waals surface area contributed by atoms with Crippen molar-refractivity contribution >= 4 is 17.5 Å². The van der Waals surface area contributed by atoms with E-state index in [0.717, 1.165) is 61.5 Å². The summed E-state index contributed by atoms with van der Waals surface area (Å²) in [6.45, 7) is 2.90. The van der Waals surface area contributed by atoms with Crippen molar-refractivity contribution in [2.75, 3.05) is 5.32 Å². The molecule has 0 saturated heterocycles. The lowest BCUT2D eigenvalue weighted by Gasteiger charge is -2.29. The summed E-state index contributed by atoms with van der Waals surface area (Å²) in [5.41, 5.74) is 5.32. The molecule has 3 N–H and O–H groups in total. The van der Waals surface area contributed by atoms with Gasteiger partial charge in [-0.3, -0.25) is 9.78 Å². The van der Waals surface area contributed by atoms with Gasteiger partial charge in [0, 0.05) is 48.7 Å². The lowest BCUT2D eigenvalue weighted by atomic mass is 9.91. The highest BCUT2D eigenvalue weighted by Gasteiger charge is 2.27. The van der Waals surface area contributed by atoms with Crippen LogP contribution in [0.1, 0.15) is 55.5 Å². The first-order valence-electron chi connectivity index (χ1n) is 11.6. The van der Waals surface area contributed by atoms with Gasteiger partial charge in [0.05, 0.1) is 28.8 Å². The minimum absolute atomic E-state index is 0.373. The molecule has 0 unspecified atom stereocenters. The first-order chi connectivity index (χ1) is 15.6. The van der Waals surface area contributed by atoms with E-state index in [2.05, 4.69) is 30.9 Å². The summed E-state index contributed by atoms with van der Waals surface area (Å²) >= 11 is 6.51. The average Bonchev–Trinajstić information content (AvgIpc) is 3.42. The quantitative estimate of drug-likeness (QED) is 0.475. The Morgan fingerprint density at radius 2 is 1.91 bits per heavy atom. The molecular formula is C23H31ClN8. The normalized spacial score (nSPS) is 21.1. The largest absolute Gasteiger partial charge is 0.351 e. The maximum Gasteiger partial charge on any atom is 0.223 e. The lowest BCUT2D eigenvalue weighted by Crippen LogP contribution is -2.37. The highest BCUT2D eigenvalue weighted by atomic mass is 35.5. The molecular weight excluding hydrogens is 424 g/mol. The van der Waals surface area contributed by atoms with E-state index in [0.29, 0.717) is 23.1 Å². The molecule has 0 amide bonds.